The minimum atomic E-state index is -0.196. The first-order valence-corrected chi connectivity index (χ1v) is 11.3. The summed E-state index contributed by atoms with van der Waals surface area (Å²) in [5.41, 5.74) is 6.77. The molecule has 0 amide bonds. The fourth-order valence-electron chi connectivity index (χ4n) is 5.46. The van der Waals surface area contributed by atoms with E-state index >= 15 is 0 Å². The molecule has 3 aliphatic heterocycles. The van der Waals surface area contributed by atoms with Crippen LogP contribution in [0, 0.1) is 0 Å². The molecular formula is C27H23N3O4. The first kappa shape index (κ1) is 19.3. The molecule has 7 nitrogen and oxygen atoms in total. The molecule has 1 aromatic heterocycles. The molecule has 7 heteroatoms. The molecule has 34 heavy (non-hydrogen) atoms. The summed E-state index contributed by atoms with van der Waals surface area (Å²) in [7, 11) is 3.37. The maximum absolute atomic E-state index is 5.93. The van der Waals surface area contributed by atoms with E-state index in [4.69, 9.17) is 24.0 Å². The van der Waals surface area contributed by atoms with Gasteiger partial charge in [-0.15, -0.1) is 0 Å². The molecule has 1 atom stereocenters. The summed E-state index contributed by atoms with van der Waals surface area (Å²) in [4.78, 5) is 2.41. The van der Waals surface area contributed by atoms with E-state index in [0.29, 0.717) is 5.75 Å². The fourth-order valence-corrected chi connectivity index (χ4v) is 5.46. The molecular weight excluding hydrogens is 430 g/mol. The fraction of sp³-hybridized carbons (Fsp3) is 0.222. The normalized spacial score (nSPS) is 17.6. The molecule has 1 unspecified atom stereocenters. The molecule has 0 saturated carbocycles. The Labute approximate surface area is 196 Å². The largest absolute Gasteiger partial charge is 0.493 e. The zero-order valence-corrected chi connectivity index (χ0v) is 18.9. The van der Waals surface area contributed by atoms with Crippen LogP contribution in [0.5, 0.6) is 23.0 Å². The highest BCUT2D eigenvalue weighted by Gasteiger charge is 2.38. The standard InChI is InChI=1S/C27H23N3O4/c1-31-22-8-7-17-11-21-19-13-24-23(33-15-34-24)12-16(19)9-10-29(21)27(25(17)26(22)32-2)30-20-6-4-3-5-18(20)14-28-30/h3-8,11-14,27H,9-10,15H2,1-2H3. The second-order valence-electron chi connectivity index (χ2n) is 8.66. The van der Waals surface area contributed by atoms with Crippen LogP contribution in [-0.4, -0.2) is 42.2 Å². The summed E-state index contributed by atoms with van der Waals surface area (Å²) in [5, 5.41) is 5.96. The third-order valence-corrected chi connectivity index (χ3v) is 7.01. The van der Waals surface area contributed by atoms with Crippen LogP contribution in [0.25, 0.3) is 22.7 Å². The maximum Gasteiger partial charge on any atom is 0.231 e. The summed E-state index contributed by atoms with van der Waals surface area (Å²) in [6.07, 6.45) is 4.86. The van der Waals surface area contributed by atoms with Crippen LogP contribution in [0.2, 0.25) is 0 Å². The molecule has 0 fully saturated rings. The Hall–Kier alpha value is -4.13. The van der Waals surface area contributed by atoms with Gasteiger partial charge in [-0.2, -0.15) is 5.10 Å². The Morgan fingerprint density at radius 1 is 1.00 bits per heavy atom. The van der Waals surface area contributed by atoms with Crippen molar-refractivity contribution in [2.45, 2.75) is 12.6 Å². The van der Waals surface area contributed by atoms with Gasteiger partial charge >= 0.3 is 0 Å². The molecule has 170 valence electrons. The summed E-state index contributed by atoms with van der Waals surface area (Å²) >= 11 is 0. The Bertz CT molecular complexity index is 1490. The van der Waals surface area contributed by atoms with Crippen molar-refractivity contribution < 1.29 is 18.9 Å². The van der Waals surface area contributed by atoms with Crippen LogP contribution in [0.1, 0.15) is 28.4 Å². The lowest BCUT2D eigenvalue weighted by atomic mass is 9.88. The highest BCUT2D eigenvalue weighted by Crippen LogP contribution is 2.50. The van der Waals surface area contributed by atoms with E-state index in [-0.39, 0.29) is 13.0 Å². The van der Waals surface area contributed by atoms with Crippen molar-refractivity contribution in [2.75, 3.05) is 27.6 Å². The first-order valence-electron chi connectivity index (χ1n) is 11.3. The Morgan fingerprint density at radius 3 is 2.71 bits per heavy atom. The van der Waals surface area contributed by atoms with Gasteiger partial charge in [0.25, 0.3) is 0 Å². The molecule has 0 bridgehead atoms. The Morgan fingerprint density at radius 2 is 1.85 bits per heavy atom. The third kappa shape index (κ3) is 2.61. The number of fused-ring (bicyclic) bond motifs is 6. The van der Waals surface area contributed by atoms with Gasteiger partial charge in [-0.05, 0) is 47.9 Å². The summed E-state index contributed by atoms with van der Waals surface area (Å²) in [6.45, 7) is 1.10. The highest BCUT2D eigenvalue weighted by atomic mass is 16.7. The highest BCUT2D eigenvalue weighted by molar-refractivity contribution is 5.88. The van der Waals surface area contributed by atoms with Crippen molar-refractivity contribution in [1.29, 1.82) is 0 Å². The van der Waals surface area contributed by atoms with Crippen molar-refractivity contribution >= 4 is 22.7 Å². The second-order valence-corrected chi connectivity index (χ2v) is 8.66. The molecule has 0 radical (unpaired) electrons. The first-order chi connectivity index (χ1) is 16.8. The monoisotopic (exact) mass is 453 g/mol. The average Bonchev–Trinajstić information content (AvgIpc) is 3.52. The molecule has 0 N–H and O–H groups in total. The van der Waals surface area contributed by atoms with E-state index in [2.05, 4.69) is 52.1 Å². The quantitative estimate of drug-likeness (QED) is 0.448. The van der Waals surface area contributed by atoms with Crippen LogP contribution in [0.3, 0.4) is 0 Å². The third-order valence-electron chi connectivity index (χ3n) is 7.01. The van der Waals surface area contributed by atoms with Crippen LogP contribution < -0.4 is 18.9 Å². The maximum atomic E-state index is 5.93. The minimum Gasteiger partial charge on any atom is -0.493 e. The van der Waals surface area contributed by atoms with Crippen LogP contribution in [0.4, 0.5) is 0 Å². The van der Waals surface area contributed by atoms with Gasteiger partial charge in [-0.1, -0.05) is 24.3 Å². The lowest BCUT2D eigenvalue weighted by molar-refractivity contribution is 0.174. The van der Waals surface area contributed by atoms with Gasteiger partial charge < -0.3 is 23.8 Å². The molecule has 0 saturated heterocycles. The molecule has 4 heterocycles. The van der Waals surface area contributed by atoms with E-state index in [9.17, 15) is 0 Å². The number of hydrogen-bond acceptors (Lipinski definition) is 6. The predicted molar refractivity (Wildman–Crippen MR) is 128 cm³/mol. The lowest BCUT2D eigenvalue weighted by Crippen LogP contribution is -2.39. The summed E-state index contributed by atoms with van der Waals surface area (Å²) < 4.78 is 25.1. The zero-order valence-electron chi connectivity index (χ0n) is 18.9. The minimum absolute atomic E-state index is 0.196. The van der Waals surface area contributed by atoms with Crippen molar-refractivity contribution in [3.05, 3.63) is 77.0 Å². The van der Waals surface area contributed by atoms with Crippen LogP contribution in [0.15, 0.2) is 54.7 Å². The van der Waals surface area contributed by atoms with Gasteiger partial charge in [0, 0.05) is 28.8 Å². The van der Waals surface area contributed by atoms with Gasteiger partial charge in [0.2, 0.25) is 6.79 Å². The number of nitrogens with zero attached hydrogens (tertiary/aromatic N) is 3. The van der Waals surface area contributed by atoms with Gasteiger partial charge in [0.05, 0.1) is 25.9 Å². The molecule has 7 rings (SSSR count). The smallest absolute Gasteiger partial charge is 0.231 e. The molecule has 0 aliphatic carbocycles. The van der Waals surface area contributed by atoms with Crippen molar-refractivity contribution in [2.24, 2.45) is 0 Å². The molecule has 3 aliphatic rings. The van der Waals surface area contributed by atoms with Crippen LogP contribution >= 0.6 is 0 Å². The number of aromatic nitrogens is 2. The van der Waals surface area contributed by atoms with Crippen LogP contribution in [-0.2, 0) is 6.42 Å². The van der Waals surface area contributed by atoms with Crippen molar-refractivity contribution in [3.63, 3.8) is 0 Å². The summed E-state index contributed by atoms with van der Waals surface area (Å²) in [6, 6.07) is 16.6. The van der Waals surface area contributed by atoms with E-state index in [1.54, 1.807) is 14.2 Å². The van der Waals surface area contributed by atoms with Gasteiger partial charge in [-0.25, -0.2) is 4.68 Å². The zero-order chi connectivity index (χ0) is 22.8. The van der Waals surface area contributed by atoms with E-state index < -0.39 is 0 Å². The lowest BCUT2D eigenvalue weighted by Gasteiger charge is -2.43. The number of methoxy groups -OCH3 is 2. The van der Waals surface area contributed by atoms with Gasteiger partial charge in [-0.3, -0.25) is 0 Å². The predicted octanol–water partition coefficient (Wildman–Crippen LogP) is 4.70. The molecule has 0 spiro atoms. The number of rotatable bonds is 3. The molecule has 4 aromatic rings. The SMILES string of the molecule is COc1ccc2c(c1OC)C(n1ncc3ccccc31)N1CCc3cc4c(cc3C1=C2)OCO4. The van der Waals surface area contributed by atoms with E-state index in [0.717, 1.165) is 63.5 Å². The topological polar surface area (TPSA) is 58.0 Å². The van der Waals surface area contributed by atoms with E-state index in [1.165, 1.54) is 5.56 Å². The second kappa shape index (κ2) is 7.18. The Kier molecular flexibility index (Phi) is 4.09. The summed E-state index contributed by atoms with van der Waals surface area (Å²) in [5.74, 6) is 3.06. The number of hydrogen-bond donors (Lipinski definition) is 0. The molecule has 3 aromatic carbocycles. The number of benzene rings is 3. The Balaban J connectivity index is 1.51. The van der Waals surface area contributed by atoms with Gasteiger partial charge in [0.1, 0.15) is 0 Å². The van der Waals surface area contributed by atoms with Crippen molar-refractivity contribution in [1.82, 2.24) is 14.7 Å². The number of ether oxygens (including phenoxy) is 4. The van der Waals surface area contributed by atoms with Crippen molar-refractivity contribution in [3.8, 4) is 23.0 Å². The van der Waals surface area contributed by atoms with E-state index in [1.807, 2.05) is 18.3 Å². The van der Waals surface area contributed by atoms with Gasteiger partial charge in [0.15, 0.2) is 29.2 Å². The average molecular weight is 453 g/mol. The number of para-hydroxylation sites is 1.